The highest BCUT2D eigenvalue weighted by molar-refractivity contribution is 5.95. The summed E-state index contributed by atoms with van der Waals surface area (Å²) in [6, 6.07) is 0. The molecule has 0 amide bonds. The molecular formula is C14H24O4. The van der Waals surface area contributed by atoms with Crippen LogP contribution in [0.4, 0.5) is 0 Å². The lowest BCUT2D eigenvalue weighted by Crippen LogP contribution is -2.31. The van der Waals surface area contributed by atoms with Crippen molar-refractivity contribution in [1.29, 1.82) is 0 Å². The lowest BCUT2D eigenvalue weighted by atomic mass is 10.0. The Morgan fingerprint density at radius 1 is 1.00 bits per heavy atom. The van der Waals surface area contributed by atoms with Gasteiger partial charge >= 0.3 is 11.9 Å². The van der Waals surface area contributed by atoms with Crippen molar-refractivity contribution in [3.05, 3.63) is 12.2 Å². The third-order valence-electron chi connectivity index (χ3n) is 2.13. The smallest absolute Gasteiger partial charge is 0.320 e. The van der Waals surface area contributed by atoms with Crippen LogP contribution < -0.4 is 0 Å². The van der Waals surface area contributed by atoms with Gasteiger partial charge in [0.05, 0.1) is 12.2 Å². The lowest BCUT2D eigenvalue weighted by Gasteiger charge is -2.18. The Morgan fingerprint density at radius 2 is 1.39 bits per heavy atom. The maximum Gasteiger partial charge on any atom is 0.320 e. The number of carbonyl (C=O) groups excluding carboxylic acids is 2. The Hall–Kier alpha value is -1.32. The third kappa shape index (κ3) is 7.09. The van der Waals surface area contributed by atoms with E-state index in [1.54, 1.807) is 27.7 Å². The van der Waals surface area contributed by atoms with E-state index in [0.29, 0.717) is 12.8 Å². The van der Waals surface area contributed by atoms with E-state index < -0.39 is 17.9 Å². The van der Waals surface area contributed by atoms with Gasteiger partial charge in [0.1, 0.15) is 0 Å². The molecule has 0 aromatic carbocycles. The van der Waals surface area contributed by atoms with Gasteiger partial charge < -0.3 is 9.47 Å². The monoisotopic (exact) mass is 256 g/mol. The van der Waals surface area contributed by atoms with Crippen LogP contribution in [0.15, 0.2) is 12.2 Å². The summed E-state index contributed by atoms with van der Waals surface area (Å²) in [5.74, 6) is -1.89. The molecular weight excluding hydrogens is 232 g/mol. The lowest BCUT2D eigenvalue weighted by molar-refractivity contribution is -0.166. The first-order valence-corrected chi connectivity index (χ1v) is 6.29. The fourth-order valence-corrected chi connectivity index (χ4v) is 1.35. The minimum absolute atomic E-state index is 0.239. The second kappa shape index (κ2) is 7.90. The van der Waals surface area contributed by atoms with Gasteiger partial charge in [0, 0.05) is 0 Å². The number of hydrogen-bond acceptors (Lipinski definition) is 4. The van der Waals surface area contributed by atoms with Crippen molar-refractivity contribution < 1.29 is 19.1 Å². The standard InChI is InChI=1S/C14H24O4/c1-9(2)7-8-12(13(15)17-10(3)4)14(16)18-11(5)6/h10-12H,1,7-8H2,2-6H3. The van der Waals surface area contributed by atoms with Crippen LogP contribution in [0, 0.1) is 5.92 Å². The largest absolute Gasteiger partial charge is 0.462 e. The summed E-state index contributed by atoms with van der Waals surface area (Å²) in [6.45, 7) is 12.6. The Kier molecular flexibility index (Phi) is 7.32. The van der Waals surface area contributed by atoms with Crippen molar-refractivity contribution in [2.45, 2.75) is 59.7 Å². The Morgan fingerprint density at radius 3 is 1.67 bits per heavy atom. The van der Waals surface area contributed by atoms with E-state index in [1.807, 2.05) is 6.92 Å². The van der Waals surface area contributed by atoms with E-state index in [1.165, 1.54) is 0 Å². The number of rotatable bonds is 7. The molecule has 0 rings (SSSR count). The molecule has 0 atom stereocenters. The average molecular weight is 256 g/mol. The quantitative estimate of drug-likeness (QED) is 0.399. The summed E-state index contributed by atoms with van der Waals surface area (Å²) < 4.78 is 10.2. The Bertz CT molecular complexity index is 283. The first-order chi connectivity index (χ1) is 8.23. The van der Waals surface area contributed by atoms with Gasteiger partial charge in [-0.1, -0.05) is 5.57 Å². The van der Waals surface area contributed by atoms with Crippen LogP contribution in [0.1, 0.15) is 47.5 Å². The number of hydrogen-bond donors (Lipinski definition) is 0. The molecule has 0 saturated carbocycles. The van der Waals surface area contributed by atoms with Gasteiger partial charge in [0.15, 0.2) is 5.92 Å². The van der Waals surface area contributed by atoms with E-state index in [9.17, 15) is 9.59 Å². The first kappa shape index (κ1) is 16.7. The van der Waals surface area contributed by atoms with E-state index in [4.69, 9.17) is 9.47 Å². The normalized spacial score (nSPS) is 10.9. The highest BCUT2D eigenvalue weighted by Gasteiger charge is 2.30. The second-order valence-corrected chi connectivity index (χ2v) is 5.02. The molecule has 4 heteroatoms. The predicted octanol–water partition coefficient (Wildman–Crippen LogP) is 2.86. The van der Waals surface area contributed by atoms with Crippen molar-refractivity contribution >= 4 is 11.9 Å². The molecule has 0 fully saturated rings. The van der Waals surface area contributed by atoms with E-state index in [-0.39, 0.29) is 12.2 Å². The summed E-state index contributed by atoms with van der Waals surface area (Å²) in [7, 11) is 0. The first-order valence-electron chi connectivity index (χ1n) is 6.29. The van der Waals surface area contributed by atoms with Crippen molar-refractivity contribution in [1.82, 2.24) is 0 Å². The molecule has 0 aromatic rings. The molecule has 0 spiro atoms. The molecule has 0 aliphatic heterocycles. The zero-order valence-corrected chi connectivity index (χ0v) is 12.0. The molecule has 0 unspecified atom stereocenters. The van der Waals surface area contributed by atoms with Gasteiger partial charge in [-0.3, -0.25) is 9.59 Å². The van der Waals surface area contributed by atoms with Crippen LogP contribution in [0.5, 0.6) is 0 Å². The summed E-state index contributed by atoms with van der Waals surface area (Å²) in [6.07, 6.45) is 0.505. The van der Waals surface area contributed by atoms with E-state index in [2.05, 4.69) is 6.58 Å². The SMILES string of the molecule is C=C(C)CCC(C(=O)OC(C)C)C(=O)OC(C)C. The molecule has 0 aromatic heterocycles. The summed E-state index contributed by atoms with van der Waals surface area (Å²) >= 11 is 0. The van der Waals surface area contributed by atoms with E-state index in [0.717, 1.165) is 5.57 Å². The summed E-state index contributed by atoms with van der Waals surface area (Å²) in [5.41, 5.74) is 0.926. The minimum atomic E-state index is -0.855. The Labute approximate surface area is 109 Å². The van der Waals surface area contributed by atoms with Crippen molar-refractivity contribution in [2.24, 2.45) is 5.92 Å². The number of allylic oxidation sites excluding steroid dienone is 1. The van der Waals surface area contributed by atoms with Crippen molar-refractivity contribution in [3.63, 3.8) is 0 Å². The van der Waals surface area contributed by atoms with Crippen LogP contribution in [-0.4, -0.2) is 24.1 Å². The van der Waals surface area contributed by atoms with Gasteiger partial charge in [-0.05, 0) is 47.5 Å². The molecule has 0 aliphatic carbocycles. The van der Waals surface area contributed by atoms with Gasteiger partial charge in [-0.2, -0.15) is 0 Å². The van der Waals surface area contributed by atoms with Crippen LogP contribution in [0.2, 0.25) is 0 Å². The van der Waals surface area contributed by atoms with Crippen LogP contribution >= 0.6 is 0 Å². The van der Waals surface area contributed by atoms with E-state index >= 15 is 0 Å². The molecule has 0 N–H and O–H groups in total. The molecule has 0 radical (unpaired) electrons. The zero-order chi connectivity index (χ0) is 14.3. The fourth-order valence-electron chi connectivity index (χ4n) is 1.35. The van der Waals surface area contributed by atoms with Crippen LogP contribution in [0.25, 0.3) is 0 Å². The number of carbonyl (C=O) groups is 2. The fraction of sp³-hybridized carbons (Fsp3) is 0.714. The Balaban J connectivity index is 4.64. The maximum absolute atomic E-state index is 11.8. The third-order valence-corrected chi connectivity index (χ3v) is 2.13. The van der Waals surface area contributed by atoms with Crippen LogP contribution in [0.3, 0.4) is 0 Å². The number of ether oxygens (including phenoxy) is 2. The van der Waals surface area contributed by atoms with Gasteiger partial charge in [-0.25, -0.2) is 0 Å². The summed E-state index contributed by atoms with van der Waals surface area (Å²) in [5, 5.41) is 0. The highest BCUT2D eigenvalue weighted by Crippen LogP contribution is 2.16. The minimum Gasteiger partial charge on any atom is -0.462 e. The molecule has 104 valence electrons. The van der Waals surface area contributed by atoms with Crippen LogP contribution in [-0.2, 0) is 19.1 Å². The highest BCUT2D eigenvalue weighted by atomic mass is 16.6. The maximum atomic E-state index is 11.8. The summed E-state index contributed by atoms with van der Waals surface area (Å²) in [4.78, 5) is 23.7. The topological polar surface area (TPSA) is 52.6 Å². The average Bonchev–Trinajstić information content (AvgIpc) is 2.14. The molecule has 0 heterocycles. The number of esters is 2. The van der Waals surface area contributed by atoms with Gasteiger partial charge in [0.2, 0.25) is 0 Å². The van der Waals surface area contributed by atoms with Crippen molar-refractivity contribution in [3.8, 4) is 0 Å². The molecule has 0 bridgehead atoms. The molecule has 4 nitrogen and oxygen atoms in total. The van der Waals surface area contributed by atoms with Gasteiger partial charge in [0.25, 0.3) is 0 Å². The van der Waals surface area contributed by atoms with Crippen molar-refractivity contribution in [2.75, 3.05) is 0 Å². The predicted molar refractivity (Wildman–Crippen MR) is 70.0 cm³/mol. The zero-order valence-electron chi connectivity index (χ0n) is 12.0. The second-order valence-electron chi connectivity index (χ2n) is 5.02. The molecule has 18 heavy (non-hydrogen) atoms. The van der Waals surface area contributed by atoms with Gasteiger partial charge in [-0.15, -0.1) is 6.58 Å². The molecule has 0 aliphatic rings. The molecule has 0 saturated heterocycles.